The Balaban J connectivity index is 1.06. The molecule has 1 aromatic heterocycles. The molecule has 3 aliphatic rings. The quantitative estimate of drug-likeness (QED) is 0.368. The summed E-state index contributed by atoms with van der Waals surface area (Å²) in [5.41, 5.74) is 4.47. The zero-order chi connectivity index (χ0) is 25.6. The molecule has 3 heterocycles. The standard InChI is InChI=1S/C30H41N3O4/c1-36-27-19-22(18-21-8-9-21)10-13-26(27)28(30(34)35)33-16-14-25(20-33)37-17-4-2-3-7-24-12-11-23-6-5-15-31-29(23)32-24/h10-13,19,21,25,28H,2-9,14-18,20H2,1H3,(H,31,32)(H,34,35)/t25-,28-/m1/s1. The van der Waals surface area contributed by atoms with Crippen molar-refractivity contribution in [2.75, 3.05) is 38.7 Å². The lowest BCUT2D eigenvalue weighted by Crippen LogP contribution is -2.33. The van der Waals surface area contributed by atoms with Gasteiger partial charge in [-0.15, -0.1) is 0 Å². The first-order valence-corrected chi connectivity index (χ1v) is 14.1. The number of rotatable bonds is 13. The number of pyridine rings is 1. The highest BCUT2D eigenvalue weighted by Crippen LogP contribution is 2.37. The number of carboxylic acids is 1. The fourth-order valence-electron chi connectivity index (χ4n) is 5.72. The van der Waals surface area contributed by atoms with E-state index in [0.29, 0.717) is 25.4 Å². The number of anilines is 1. The van der Waals surface area contributed by atoms with Crippen molar-refractivity contribution in [3.63, 3.8) is 0 Å². The molecule has 2 aromatic rings. The van der Waals surface area contributed by atoms with Crippen LogP contribution in [0.1, 0.15) is 73.4 Å². The Morgan fingerprint density at radius 2 is 2.08 bits per heavy atom. The highest BCUT2D eigenvalue weighted by molar-refractivity contribution is 5.77. The van der Waals surface area contributed by atoms with Crippen LogP contribution in [-0.4, -0.2) is 60.4 Å². The fraction of sp³-hybridized carbons (Fsp3) is 0.600. The number of carbonyl (C=O) groups is 1. The number of nitrogens with one attached hydrogen (secondary N) is 1. The van der Waals surface area contributed by atoms with E-state index in [9.17, 15) is 9.90 Å². The first kappa shape index (κ1) is 26.0. The summed E-state index contributed by atoms with van der Waals surface area (Å²) >= 11 is 0. The molecular weight excluding hydrogens is 466 g/mol. The second-order valence-electron chi connectivity index (χ2n) is 10.9. The Morgan fingerprint density at radius 1 is 1.19 bits per heavy atom. The van der Waals surface area contributed by atoms with Crippen LogP contribution in [-0.2, 0) is 28.8 Å². The van der Waals surface area contributed by atoms with Crippen molar-refractivity contribution in [1.29, 1.82) is 0 Å². The molecular formula is C30H41N3O4. The summed E-state index contributed by atoms with van der Waals surface area (Å²) in [4.78, 5) is 19.1. The van der Waals surface area contributed by atoms with E-state index >= 15 is 0 Å². The summed E-state index contributed by atoms with van der Waals surface area (Å²) in [6.07, 6.45) is 11.1. The van der Waals surface area contributed by atoms with Crippen molar-refractivity contribution in [2.45, 2.75) is 76.4 Å². The van der Waals surface area contributed by atoms with Gasteiger partial charge in [0.25, 0.3) is 0 Å². The molecule has 7 nitrogen and oxygen atoms in total. The summed E-state index contributed by atoms with van der Waals surface area (Å²) in [7, 11) is 1.63. The van der Waals surface area contributed by atoms with Crippen LogP contribution in [0.15, 0.2) is 30.3 Å². The minimum atomic E-state index is -0.833. The molecule has 0 radical (unpaired) electrons. The molecule has 2 atom stereocenters. The highest BCUT2D eigenvalue weighted by Gasteiger charge is 2.36. The van der Waals surface area contributed by atoms with Gasteiger partial charge in [-0.05, 0) is 87.0 Å². The lowest BCUT2D eigenvalue weighted by molar-refractivity contribution is -0.143. The predicted molar refractivity (Wildman–Crippen MR) is 144 cm³/mol. The first-order valence-electron chi connectivity index (χ1n) is 14.1. The smallest absolute Gasteiger partial charge is 0.325 e. The maximum Gasteiger partial charge on any atom is 0.325 e. The number of hydrogen-bond donors (Lipinski definition) is 2. The van der Waals surface area contributed by atoms with Crippen LogP contribution in [0, 0.1) is 5.92 Å². The summed E-state index contributed by atoms with van der Waals surface area (Å²) < 4.78 is 11.8. The summed E-state index contributed by atoms with van der Waals surface area (Å²) in [5, 5.41) is 13.5. The van der Waals surface area contributed by atoms with Gasteiger partial charge in [0.05, 0.1) is 13.2 Å². The third-order valence-electron chi connectivity index (χ3n) is 7.97. The van der Waals surface area contributed by atoms with Crippen molar-refractivity contribution in [3.8, 4) is 5.75 Å². The van der Waals surface area contributed by atoms with Gasteiger partial charge in [0, 0.05) is 37.5 Å². The molecule has 0 spiro atoms. The Kier molecular flexibility index (Phi) is 8.62. The van der Waals surface area contributed by atoms with Crippen LogP contribution in [0.5, 0.6) is 5.75 Å². The summed E-state index contributed by atoms with van der Waals surface area (Å²) in [5.74, 6) is 1.70. The van der Waals surface area contributed by atoms with Crippen molar-refractivity contribution in [2.24, 2.45) is 5.92 Å². The molecule has 1 saturated carbocycles. The number of benzene rings is 1. The van der Waals surface area contributed by atoms with E-state index < -0.39 is 12.0 Å². The zero-order valence-electron chi connectivity index (χ0n) is 22.1. The van der Waals surface area contributed by atoms with Crippen LogP contribution in [0.25, 0.3) is 0 Å². The van der Waals surface area contributed by atoms with Gasteiger partial charge >= 0.3 is 5.97 Å². The Bertz CT molecular complexity index is 1070. The minimum Gasteiger partial charge on any atom is -0.496 e. The molecule has 37 heavy (non-hydrogen) atoms. The second kappa shape index (κ2) is 12.3. The number of aryl methyl sites for hydroxylation is 2. The van der Waals surface area contributed by atoms with Crippen LogP contribution >= 0.6 is 0 Å². The maximum absolute atomic E-state index is 12.3. The third-order valence-corrected chi connectivity index (χ3v) is 7.97. The molecule has 0 bridgehead atoms. The number of hydrogen-bond acceptors (Lipinski definition) is 6. The minimum absolute atomic E-state index is 0.0790. The lowest BCUT2D eigenvalue weighted by Gasteiger charge is -2.26. The highest BCUT2D eigenvalue weighted by atomic mass is 16.5. The number of carboxylic acid groups (broad SMARTS) is 1. The van der Waals surface area contributed by atoms with Gasteiger partial charge < -0.3 is 19.9 Å². The van der Waals surface area contributed by atoms with E-state index in [1.807, 2.05) is 17.0 Å². The van der Waals surface area contributed by atoms with Gasteiger partial charge in [0.2, 0.25) is 0 Å². The third kappa shape index (κ3) is 6.82. The topological polar surface area (TPSA) is 83.9 Å². The maximum atomic E-state index is 12.3. The number of likely N-dealkylation sites (tertiary alicyclic amines) is 1. The Labute approximate surface area is 220 Å². The molecule has 2 aliphatic heterocycles. The number of nitrogens with zero attached hydrogens (tertiary/aromatic N) is 2. The lowest BCUT2D eigenvalue weighted by atomic mass is 10.00. The Hall–Kier alpha value is -2.64. The molecule has 1 saturated heterocycles. The molecule has 2 N–H and O–H groups in total. The molecule has 5 rings (SSSR count). The molecule has 1 aromatic carbocycles. The van der Waals surface area contributed by atoms with Gasteiger partial charge in [-0.1, -0.05) is 24.6 Å². The first-order chi connectivity index (χ1) is 18.1. The van der Waals surface area contributed by atoms with E-state index in [0.717, 1.165) is 74.5 Å². The zero-order valence-corrected chi connectivity index (χ0v) is 22.1. The second-order valence-corrected chi connectivity index (χ2v) is 10.9. The van der Waals surface area contributed by atoms with E-state index in [2.05, 4.69) is 23.5 Å². The van der Waals surface area contributed by atoms with Crippen molar-refractivity contribution < 1.29 is 19.4 Å². The van der Waals surface area contributed by atoms with E-state index in [4.69, 9.17) is 14.5 Å². The predicted octanol–water partition coefficient (Wildman–Crippen LogP) is 5.03. The molecule has 7 heteroatoms. The fourth-order valence-corrected chi connectivity index (χ4v) is 5.72. The van der Waals surface area contributed by atoms with Crippen LogP contribution in [0.3, 0.4) is 0 Å². The summed E-state index contributed by atoms with van der Waals surface area (Å²) in [6, 6.07) is 9.75. The number of aromatic nitrogens is 1. The van der Waals surface area contributed by atoms with Crippen LogP contribution in [0.2, 0.25) is 0 Å². The number of unbranched alkanes of at least 4 members (excludes halogenated alkanes) is 2. The number of methoxy groups -OCH3 is 1. The largest absolute Gasteiger partial charge is 0.496 e. The van der Waals surface area contributed by atoms with Gasteiger partial charge in [0.15, 0.2) is 0 Å². The van der Waals surface area contributed by atoms with E-state index in [1.54, 1.807) is 7.11 Å². The van der Waals surface area contributed by atoms with Gasteiger partial charge in [0.1, 0.15) is 17.6 Å². The molecule has 0 unspecified atom stereocenters. The Morgan fingerprint density at radius 3 is 2.89 bits per heavy atom. The van der Waals surface area contributed by atoms with E-state index in [-0.39, 0.29) is 6.10 Å². The van der Waals surface area contributed by atoms with Gasteiger partial charge in [-0.3, -0.25) is 9.69 Å². The van der Waals surface area contributed by atoms with Crippen LogP contribution in [0.4, 0.5) is 5.82 Å². The normalized spacial score (nSPS) is 20.3. The van der Waals surface area contributed by atoms with Gasteiger partial charge in [-0.25, -0.2) is 4.98 Å². The van der Waals surface area contributed by atoms with E-state index in [1.165, 1.54) is 30.4 Å². The van der Waals surface area contributed by atoms with Crippen molar-refractivity contribution in [3.05, 3.63) is 52.7 Å². The van der Waals surface area contributed by atoms with Crippen LogP contribution < -0.4 is 10.1 Å². The average molecular weight is 508 g/mol. The monoisotopic (exact) mass is 507 g/mol. The van der Waals surface area contributed by atoms with Crippen molar-refractivity contribution in [1.82, 2.24) is 9.88 Å². The summed E-state index contributed by atoms with van der Waals surface area (Å²) in [6.45, 7) is 3.09. The molecule has 200 valence electrons. The number of fused-ring (bicyclic) bond motifs is 1. The molecule has 2 fully saturated rings. The van der Waals surface area contributed by atoms with Crippen molar-refractivity contribution >= 4 is 11.8 Å². The molecule has 1 aliphatic carbocycles. The van der Waals surface area contributed by atoms with Gasteiger partial charge in [-0.2, -0.15) is 0 Å². The number of aliphatic carboxylic acids is 1. The average Bonchev–Trinajstić information content (AvgIpc) is 3.61. The number of ether oxygens (including phenoxy) is 2. The molecule has 0 amide bonds. The SMILES string of the molecule is COc1cc(CC2CC2)ccc1[C@H](C(=O)O)N1CC[C@@H](OCCCCCc2ccc3c(n2)NCCC3)C1.